The van der Waals surface area contributed by atoms with Crippen LogP contribution in [0.2, 0.25) is 5.02 Å². The molecule has 0 bridgehead atoms. The number of alkyl halides is 1. The number of amides is 2. The van der Waals surface area contributed by atoms with Crippen LogP contribution in [-0.4, -0.2) is 47.5 Å². The molecule has 2 rings (SSSR count). The van der Waals surface area contributed by atoms with Crippen LogP contribution >= 0.6 is 11.6 Å². The van der Waals surface area contributed by atoms with Crippen LogP contribution in [0.4, 0.5) is 13.6 Å². The predicted molar refractivity (Wildman–Crippen MR) is 97.2 cm³/mol. The van der Waals surface area contributed by atoms with Gasteiger partial charge in [0.2, 0.25) is 5.91 Å². The Morgan fingerprint density at radius 1 is 1.44 bits per heavy atom. The predicted octanol–water partition coefficient (Wildman–Crippen LogP) is 3.32. The number of likely N-dealkylation sites (tertiary alicyclic amines) is 1. The summed E-state index contributed by atoms with van der Waals surface area (Å²) in [6, 6.07) is 2.87. The Morgan fingerprint density at radius 3 is 2.70 bits per heavy atom. The van der Waals surface area contributed by atoms with E-state index in [-0.39, 0.29) is 23.7 Å². The van der Waals surface area contributed by atoms with Gasteiger partial charge in [-0.05, 0) is 26.8 Å². The van der Waals surface area contributed by atoms with Gasteiger partial charge in [0.05, 0.1) is 5.02 Å². The summed E-state index contributed by atoms with van der Waals surface area (Å²) in [7, 11) is 0. The first-order valence-electron chi connectivity index (χ1n) is 8.40. The molecule has 1 aliphatic rings. The quantitative estimate of drug-likeness (QED) is 0.759. The number of nitrogens with zero attached hydrogens (tertiary/aromatic N) is 1. The molecule has 0 aliphatic carbocycles. The maximum absolute atomic E-state index is 14.7. The number of hydrogen-bond donors (Lipinski definition) is 2. The fraction of sp³-hybridized carbons (Fsp3) is 0.500. The Kier molecular flexibility index (Phi) is 6.41. The van der Waals surface area contributed by atoms with E-state index >= 15 is 0 Å². The summed E-state index contributed by atoms with van der Waals surface area (Å²) in [6.07, 6.45) is -1.74. The van der Waals surface area contributed by atoms with Crippen LogP contribution in [-0.2, 0) is 16.1 Å². The highest BCUT2D eigenvalue weighted by Crippen LogP contribution is 2.28. The Bertz CT molecular complexity index is 739. The first kappa shape index (κ1) is 21.1. The summed E-state index contributed by atoms with van der Waals surface area (Å²) >= 11 is 5.70. The second-order valence-corrected chi connectivity index (χ2v) is 7.69. The number of benzene rings is 1. The molecule has 1 saturated heterocycles. The fourth-order valence-electron chi connectivity index (χ4n) is 2.76. The molecule has 2 N–H and O–H groups in total. The minimum Gasteiger partial charge on any atom is -0.444 e. The van der Waals surface area contributed by atoms with Crippen LogP contribution in [0.1, 0.15) is 26.3 Å². The molecule has 1 fully saturated rings. The Hall–Kier alpha value is -2.22. The van der Waals surface area contributed by atoms with Crippen molar-refractivity contribution in [2.24, 2.45) is 5.92 Å². The third kappa shape index (κ3) is 4.94. The lowest BCUT2D eigenvalue weighted by molar-refractivity contribution is -0.127. The lowest BCUT2D eigenvalue weighted by Gasteiger charge is -2.28. The van der Waals surface area contributed by atoms with Crippen LogP contribution in [0.15, 0.2) is 18.2 Å². The lowest BCUT2D eigenvalue weighted by atomic mass is 10.0. The third-order valence-electron chi connectivity index (χ3n) is 4.05. The molecule has 27 heavy (non-hydrogen) atoms. The maximum atomic E-state index is 14.7. The van der Waals surface area contributed by atoms with Crippen molar-refractivity contribution in [3.05, 3.63) is 34.6 Å². The molecule has 0 aromatic heterocycles. The normalized spacial score (nSPS) is 22.4. The van der Waals surface area contributed by atoms with Gasteiger partial charge in [0.25, 0.3) is 0 Å². The number of ether oxygens (including phenoxy) is 1. The first-order chi connectivity index (χ1) is 12.5. The van der Waals surface area contributed by atoms with Gasteiger partial charge in [-0.25, -0.2) is 13.6 Å². The molecule has 1 aromatic rings. The number of rotatable bonds is 4. The van der Waals surface area contributed by atoms with Gasteiger partial charge in [-0.3, -0.25) is 9.69 Å². The lowest BCUT2D eigenvalue weighted by Crippen LogP contribution is -2.50. The molecule has 0 spiro atoms. The Balaban J connectivity index is 2.15. The van der Waals surface area contributed by atoms with Gasteiger partial charge in [0.1, 0.15) is 23.6 Å². The average Bonchev–Trinajstić information content (AvgIpc) is 2.91. The van der Waals surface area contributed by atoms with Gasteiger partial charge in [0, 0.05) is 30.8 Å². The van der Waals surface area contributed by atoms with Crippen LogP contribution in [0.25, 0.3) is 0 Å². The average molecular weight is 402 g/mol. The standard InChI is InChI=1S/C18H22ClF2N3O3/c1-18(2,3)27-17(26)24-9-11(7-22)14(21)15(24)16(25)23-8-10-5-4-6-12(19)13(10)20/h4-7,11,14-15,22H,8-9H2,1-3H3,(H,23,25)/t11-,14+,15+/m1/s1. The van der Waals surface area contributed by atoms with Crippen LogP contribution in [0.5, 0.6) is 0 Å². The number of carbonyl (C=O) groups is 2. The zero-order valence-electron chi connectivity index (χ0n) is 15.3. The van der Waals surface area contributed by atoms with Crippen LogP contribution < -0.4 is 5.32 Å². The molecule has 0 radical (unpaired) electrons. The first-order valence-corrected chi connectivity index (χ1v) is 8.78. The summed E-state index contributed by atoms with van der Waals surface area (Å²) < 4.78 is 33.8. The van der Waals surface area contributed by atoms with E-state index in [1.54, 1.807) is 20.8 Å². The molecule has 0 unspecified atom stereocenters. The minimum absolute atomic E-state index is 0.0924. The smallest absolute Gasteiger partial charge is 0.411 e. The van der Waals surface area contributed by atoms with Gasteiger partial charge in [-0.2, -0.15) is 0 Å². The second-order valence-electron chi connectivity index (χ2n) is 7.28. The molecule has 2 amide bonds. The molecule has 0 saturated carbocycles. The molecule has 1 heterocycles. The van der Waals surface area contributed by atoms with Crippen molar-refractivity contribution in [2.45, 2.75) is 45.1 Å². The summed E-state index contributed by atoms with van der Waals surface area (Å²) in [5.74, 6) is -2.39. The Labute approximate surface area is 161 Å². The van der Waals surface area contributed by atoms with Gasteiger partial charge < -0.3 is 15.5 Å². The summed E-state index contributed by atoms with van der Waals surface area (Å²) in [4.78, 5) is 25.9. The van der Waals surface area contributed by atoms with Gasteiger partial charge >= 0.3 is 6.09 Å². The van der Waals surface area contributed by atoms with E-state index in [9.17, 15) is 18.4 Å². The van der Waals surface area contributed by atoms with E-state index in [1.165, 1.54) is 18.2 Å². The van der Waals surface area contributed by atoms with Crippen molar-refractivity contribution in [3.63, 3.8) is 0 Å². The van der Waals surface area contributed by atoms with E-state index < -0.39 is 41.6 Å². The molecule has 3 atom stereocenters. The minimum atomic E-state index is -1.76. The zero-order chi connectivity index (χ0) is 20.4. The van der Waals surface area contributed by atoms with E-state index in [1.807, 2.05) is 0 Å². The van der Waals surface area contributed by atoms with E-state index in [0.717, 1.165) is 11.1 Å². The second kappa shape index (κ2) is 8.21. The topological polar surface area (TPSA) is 82.5 Å². The van der Waals surface area contributed by atoms with Crippen molar-refractivity contribution >= 4 is 29.8 Å². The molecule has 6 nitrogen and oxygen atoms in total. The van der Waals surface area contributed by atoms with Gasteiger partial charge in [0.15, 0.2) is 0 Å². The fourth-order valence-corrected chi connectivity index (χ4v) is 2.95. The highest BCUT2D eigenvalue weighted by Gasteiger charge is 2.48. The summed E-state index contributed by atoms with van der Waals surface area (Å²) in [5.41, 5.74) is -0.687. The van der Waals surface area contributed by atoms with Crippen molar-refractivity contribution in [1.29, 1.82) is 5.41 Å². The molecular formula is C18H22ClF2N3O3. The number of nitrogens with one attached hydrogen (secondary N) is 2. The van der Waals surface area contributed by atoms with E-state index in [2.05, 4.69) is 5.32 Å². The third-order valence-corrected chi connectivity index (χ3v) is 4.34. The monoisotopic (exact) mass is 401 g/mol. The highest BCUT2D eigenvalue weighted by molar-refractivity contribution is 6.30. The van der Waals surface area contributed by atoms with Gasteiger partial charge in [-0.1, -0.05) is 23.7 Å². The number of halogens is 3. The SMILES string of the molecule is CC(C)(C)OC(=O)N1C[C@@H](C=N)[C@H](F)[C@H]1C(=O)NCc1cccc(Cl)c1F. The number of carbonyl (C=O) groups excluding carboxylic acids is 2. The highest BCUT2D eigenvalue weighted by atomic mass is 35.5. The maximum Gasteiger partial charge on any atom is 0.411 e. The van der Waals surface area contributed by atoms with Gasteiger partial charge in [-0.15, -0.1) is 0 Å². The zero-order valence-corrected chi connectivity index (χ0v) is 16.0. The molecule has 9 heteroatoms. The molecule has 148 valence electrons. The molecular weight excluding hydrogens is 380 g/mol. The Morgan fingerprint density at radius 2 is 2.11 bits per heavy atom. The van der Waals surface area contributed by atoms with E-state index in [0.29, 0.717) is 0 Å². The summed E-state index contributed by atoms with van der Waals surface area (Å²) in [5, 5.41) is 9.66. The van der Waals surface area contributed by atoms with E-state index in [4.69, 9.17) is 21.7 Å². The largest absolute Gasteiger partial charge is 0.444 e. The molecule has 1 aromatic carbocycles. The van der Waals surface area contributed by atoms with Crippen molar-refractivity contribution in [2.75, 3.05) is 6.54 Å². The van der Waals surface area contributed by atoms with Crippen molar-refractivity contribution in [1.82, 2.24) is 10.2 Å². The van der Waals surface area contributed by atoms with Crippen molar-refractivity contribution in [3.8, 4) is 0 Å². The number of hydrogen-bond acceptors (Lipinski definition) is 4. The van der Waals surface area contributed by atoms with Crippen LogP contribution in [0.3, 0.4) is 0 Å². The van der Waals surface area contributed by atoms with Crippen LogP contribution in [0, 0.1) is 17.1 Å². The molecule has 1 aliphatic heterocycles. The van der Waals surface area contributed by atoms with Crippen molar-refractivity contribution < 1.29 is 23.1 Å². The summed E-state index contributed by atoms with van der Waals surface area (Å²) in [6.45, 7) is 4.59.